The number of guanidine groups is 1. The minimum atomic E-state index is 0. The van der Waals surface area contributed by atoms with E-state index in [9.17, 15) is 0 Å². The number of fused-ring (bicyclic) bond motifs is 1. The standard InChI is InChI=1S/C20H24N4OS.HI/c1-15-24-17(14-26-15)10-11-22-20(21-2)23-12-13-25-19-9-5-7-16-6-3-4-8-18(16)19;/h3-9,14H,10-13H2,1-2H3,(H2,21,22,23);1H. The number of hydrogen-bond acceptors (Lipinski definition) is 4. The summed E-state index contributed by atoms with van der Waals surface area (Å²) in [6.45, 7) is 4.07. The van der Waals surface area contributed by atoms with E-state index in [4.69, 9.17) is 4.74 Å². The van der Waals surface area contributed by atoms with E-state index in [0.717, 1.165) is 40.8 Å². The van der Waals surface area contributed by atoms with Crippen molar-refractivity contribution in [1.29, 1.82) is 0 Å². The van der Waals surface area contributed by atoms with E-state index in [1.54, 1.807) is 18.4 Å². The Morgan fingerprint density at radius 3 is 2.67 bits per heavy atom. The molecule has 0 bridgehead atoms. The molecule has 1 heterocycles. The summed E-state index contributed by atoms with van der Waals surface area (Å²) in [5, 5.41) is 12.1. The van der Waals surface area contributed by atoms with Gasteiger partial charge in [0.2, 0.25) is 0 Å². The average molecular weight is 496 g/mol. The smallest absolute Gasteiger partial charge is 0.191 e. The van der Waals surface area contributed by atoms with Crippen LogP contribution in [0, 0.1) is 6.92 Å². The molecule has 1 aromatic heterocycles. The molecule has 0 amide bonds. The Kier molecular flexibility index (Phi) is 8.80. The lowest BCUT2D eigenvalue weighted by atomic mass is 10.1. The van der Waals surface area contributed by atoms with Gasteiger partial charge in [0.1, 0.15) is 12.4 Å². The Morgan fingerprint density at radius 2 is 1.89 bits per heavy atom. The largest absolute Gasteiger partial charge is 0.491 e. The van der Waals surface area contributed by atoms with Gasteiger partial charge in [-0.1, -0.05) is 36.4 Å². The number of halogens is 1. The number of benzene rings is 2. The fourth-order valence-corrected chi connectivity index (χ4v) is 3.35. The highest BCUT2D eigenvalue weighted by molar-refractivity contribution is 14.0. The van der Waals surface area contributed by atoms with Gasteiger partial charge in [0.25, 0.3) is 0 Å². The first-order valence-electron chi connectivity index (χ1n) is 8.72. The van der Waals surface area contributed by atoms with E-state index in [-0.39, 0.29) is 24.0 Å². The van der Waals surface area contributed by atoms with Crippen LogP contribution in [0.25, 0.3) is 10.8 Å². The molecule has 0 aliphatic heterocycles. The van der Waals surface area contributed by atoms with Gasteiger partial charge in [-0.15, -0.1) is 35.3 Å². The molecule has 0 saturated heterocycles. The zero-order valence-electron chi connectivity index (χ0n) is 15.6. The van der Waals surface area contributed by atoms with Gasteiger partial charge in [0, 0.05) is 30.8 Å². The molecule has 2 aromatic carbocycles. The second-order valence-electron chi connectivity index (χ2n) is 5.86. The van der Waals surface area contributed by atoms with Crippen LogP contribution in [0.1, 0.15) is 10.7 Å². The molecule has 0 aliphatic rings. The number of nitrogens with one attached hydrogen (secondary N) is 2. The maximum Gasteiger partial charge on any atom is 0.191 e. The highest BCUT2D eigenvalue weighted by atomic mass is 127. The molecule has 0 fully saturated rings. The van der Waals surface area contributed by atoms with Crippen molar-refractivity contribution in [1.82, 2.24) is 15.6 Å². The topological polar surface area (TPSA) is 58.5 Å². The lowest BCUT2D eigenvalue weighted by Crippen LogP contribution is -2.40. The Bertz CT molecular complexity index is 876. The van der Waals surface area contributed by atoms with E-state index in [1.807, 2.05) is 31.2 Å². The van der Waals surface area contributed by atoms with Crippen molar-refractivity contribution in [2.24, 2.45) is 4.99 Å². The van der Waals surface area contributed by atoms with Gasteiger partial charge < -0.3 is 15.4 Å². The molecule has 0 unspecified atom stereocenters. The van der Waals surface area contributed by atoms with Crippen molar-refractivity contribution in [3.63, 3.8) is 0 Å². The Hall–Kier alpha value is -1.87. The molecule has 0 spiro atoms. The van der Waals surface area contributed by atoms with E-state index >= 15 is 0 Å². The van der Waals surface area contributed by atoms with Crippen LogP contribution < -0.4 is 15.4 Å². The second-order valence-corrected chi connectivity index (χ2v) is 6.92. The number of thiazole rings is 1. The zero-order valence-corrected chi connectivity index (χ0v) is 18.7. The molecular formula is C20H25IN4OS. The number of rotatable bonds is 7. The van der Waals surface area contributed by atoms with Crippen molar-refractivity contribution < 1.29 is 4.74 Å². The fraction of sp³-hybridized carbons (Fsp3) is 0.300. The summed E-state index contributed by atoms with van der Waals surface area (Å²) >= 11 is 1.68. The van der Waals surface area contributed by atoms with Crippen LogP contribution in [0.5, 0.6) is 5.75 Å². The van der Waals surface area contributed by atoms with Gasteiger partial charge in [0.05, 0.1) is 17.2 Å². The molecule has 144 valence electrons. The Morgan fingerprint density at radius 1 is 1.11 bits per heavy atom. The maximum atomic E-state index is 5.94. The van der Waals surface area contributed by atoms with E-state index in [2.05, 4.69) is 44.2 Å². The molecule has 7 heteroatoms. The number of ether oxygens (including phenoxy) is 1. The lowest BCUT2D eigenvalue weighted by Gasteiger charge is -2.13. The average Bonchev–Trinajstić information content (AvgIpc) is 3.09. The van der Waals surface area contributed by atoms with Crippen molar-refractivity contribution in [3.05, 3.63) is 58.5 Å². The fourth-order valence-electron chi connectivity index (χ4n) is 2.70. The van der Waals surface area contributed by atoms with Crippen molar-refractivity contribution in [2.75, 3.05) is 26.7 Å². The number of aromatic nitrogens is 1. The molecular weight excluding hydrogens is 471 g/mol. The molecule has 0 saturated carbocycles. The minimum Gasteiger partial charge on any atom is -0.491 e. The molecule has 3 aromatic rings. The maximum absolute atomic E-state index is 5.94. The van der Waals surface area contributed by atoms with Crippen molar-refractivity contribution >= 4 is 52.0 Å². The molecule has 0 radical (unpaired) electrons. The summed E-state index contributed by atoms with van der Waals surface area (Å²) in [6, 6.07) is 14.4. The van der Waals surface area contributed by atoms with Crippen LogP contribution in [-0.4, -0.2) is 37.7 Å². The summed E-state index contributed by atoms with van der Waals surface area (Å²) < 4.78 is 5.94. The third kappa shape index (κ3) is 6.35. The van der Waals surface area contributed by atoms with Crippen molar-refractivity contribution in [3.8, 4) is 5.75 Å². The molecule has 3 rings (SSSR count). The minimum absolute atomic E-state index is 0. The number of aryl methyl sites for hydroxylation is 1. The summed E-state index contributed by atoms with van der Waals surface area (Å²) in [5.74, 6) is 1.69. The Labute approximate surface area is 181 Å². The van der Waals surface area contributed by atoms with Gasteiger partial charge in [-0.3, -0.25) is 4.99 Å². The van der Waals surface area contributed by atoms with Gasteiger partial charge in [0.15, 0.2) is 5.96 Å². The highest BCUT2D eigenvalue weighted by Crippen LogP contribution is 2.24. The van der Waals surface area contributed by atoms with Crippen LogP contribution in [0.3, 0.4) is 0 Å². The van der Waals surface area contributed by atoms with Gasteiger partial charge in [-0.2, -0.15) is 0 Å². The highest BCUT2D eigenvalue weighted by Gasteiger charge is 2.03. The molecule has 0 atom stereocenters. The predicted molar refractivity (Wildman–Crippen MR) is 125 cm³/mol. The van der Waals surface area contributed by atoms with Gasteiger partial charge >= 0.3 is 0 Å². The normalized spacial score (nSPS) is 11.1. The first-order chi connectivity index (χ1) is 12.8. The van der Waals surface area contributed by atoms with Crippen LogP contribution in [0.4, 0.5) is 0 Å². The third-order valence-corrected chi connectivity index (χ3v) is 4.79. The Balaban J connectivity index is 0.00000261. The molecule has 0 aliphatic carbocycles. The lowest BCUT2D eigenvalue weighted by molar-refractivity contribution is 0.325. The van der Waals surface area contributed by atoms with Crippen LogP contribution >= 0.6 is 35.3 Å². The zero-order chi connectivity index (χ0) is 18.2. The summed E-state index contributed by atoms with van der Waals surface area (Å²) in [7, 11) is 1.77. The van der Waals surface area contributed by atoms with Gasteiger partial charge in [-0.25, -0.2) is 4.98 Å². The number of hydrogen-bond donors (Lipinski definition) is 2. The summed E-state index contributed by atoms with van der Waals surface area (Å²) in [4.78, 5) is 8.71. The third-order valence-electron chi connectivity index (χ3n) is 3.97. The van der Waals surface area contributed by atoms with Crippen LogP contribution in [0.2, 0.25) is 0 Å². The number of aliphatic imine (C=N–C) groups is 1. The monoisotopic (exact) mass is 496 g/mol. The van der Waals surface area contributed by atoms with E-state index in [0.29, 0.717) is 13.2 Å². The first kappa shape index (κ1) is 21.4. The second kappa shape index (κ2) is 11.1. The molecule has 2 N–H and O–H groups in total. The first-order valence-corrected chi connectivity index (χ1v) is 9.60. The predicted octanol–water partition coefficient (Wildman–Crippen LogP) is 4.01. The van der Waals surface area contributed by atoms with E-state index in [1.165, 1.54) is 5.39 Å². The van der Waals surface area contributed by atoms with E-state index < -0.39 is 0 Å². The summed E-state index contributed by atoms with van der Waals surface area (Å²) in [6.07, 6.45) is 0.886. The van der Waals surface area contributed by atoms with Gasteiger partial charge in [-0.05, 0) is 18.4 Å². The quantitative estimate of drug-likeness (QED) is 0.225. The SMILES string of the molecule is CN=C(NCCOc1cccc2ccccc12)NCCc1csc(C)n1.I. The van der Waals surface area contributed by atoms with Crippen LogP contribution in [0.15, 0.2) is 52.8 Å². The molecule has 27 heavy (non-hydrogen) atoms. The number of nitrogens with zero attached hydrogens (tertiary/aromatic N) is 2. The molecule has 5 nitrogen and oxygen atoms in total. The van der Waals surface area contributed by atoms with Crippen molar-refractivity contribution in [2.45, 2.75) is 13.3 Å². The summed E-state index contributed by atoms with van der Waals surface area (Å²) in [5.41, 5.74) is 1.12. The van der Waals surface area contributed by atoms with Crippen LogP contribution in [-0.2, 0) is 6.42 Å².